The van der Waals surface area contributed by atoms with E-state index in [-0.39, 0.29) is 11.5 Å². The van der Waals surface area contributed by atoms with Crippen molar-refractivity contribution in [3.05, 3.63) is 82.9 Å². The highest BCUT2D eigenvalue weighted by Crippen LogP contribution is 2.54. The molecule has 0 heterocycles. The van der Waals surface area contributed by atoms with Crippen LogP contribution >= 0.6 is 11.6 Å². The lowest BCUT2D eigenvalue weighted by Crippen LogP contribution is -2.07. The maximum absolute atomic E-state index is 12.2. The molecule has 0 amide bonds. The number of esters is 1. The molecule has 0 aliphatic carbocycles. The Morgan fingerprint density at radius 3 is 1.94 bits per heavy atom. The van der Waals surface area contributed by atoms with E-state index in [0.717, 1.165) is 24.0 Å². The average molecular weight is 505 g/mol. The Labute approximate surface area is 216 Å². The van der Waals surface area contributed by atoms with Crippen molar-refractivity contribution >= 4 is 28.3 Å². The number of unbranched alkanes of at least 4 members (excludes halogenated alkanes) is 1. The van der Waals surface area contributed by atoms with E-state index in [4.69, 9.17) is 30.5 Å². The summed E-state index contributed by atoms with van der Waals surface area (Å²) in [5, 5.41) is 1.78. The van der Waals surface area contributed by atoms with Crippen LogP contribution in [0.5, 0.6) is 34.5 Å². The van der Waals surface area contributed by atoms with Crippen LogP contribution in [0.4, 0.5) is 0 Å². The van der Waals surface area contributed by atoms with Crippen molar-refractivity contribution < 1.29 is 23.7 Å². The van der Waals surface area contributed by atoms with Crippen LogP contribution in [0.15, 0.2) is 66.7 Å². The summed E-state index contributed by atoms with van der Waals surface area (Å²) in [6, 6.07) is 20.6. The van der Waals surface area contributed by atoms with Gasteiger partial charge < -0.3 is 18.9 Å². The fourth-order valence-corrected chi connectivity index (χ4v) is 4.01. The van der Waals surface area contributed by atoms with Gasteiger partial charge in [-0.05, 0) is 73.9 Å². The van der Waals surface area contributed by atoms with E-state index in [2.05, 4.69) is 6.92 Å². The zero-order valence-corrected chi connectivity index (χ0v) is 21.6. The van der Waals surface area contributed by atoms with Crippen molar-refractivity contribution in [1.29, 1.82) is 0 Å². The van der Waals surface area contributed by atoms with E-state index in [1.54, 1.807) is 12.1 Å². The molecule has 0 atom stereocenters. The number of hydrogen-bond acceptors (Lipinski definition) is 5. The molecule has 0 saturated heterocycles. The van der Waals surface area contributed by atoms with Crippen LogP contribution in [0.25, 0.3) is 10.8 Å². The molecule has 0 aliphatic rings. The second-order valence-corrected chi connectivity index (χ2v) is 9.08. The van der Waals surface area contributed by atoms with Crippen molar-refractivity contribution in [3.8, 4) is 34.5 Å². The third kappa shape index (κ3) is 5.92. The Hall–Kier alpha value is -3.70. The second kappa shape index (κ2) is 11.4. The van der Waals surface area contributed by atoms with Gasteiger partial charge in [-0.3, -0.25) is 4.79 Å². The van der Waals surface area contributed by atoms with Crippen molar-refractivity contribution in [1.82, 2.24) is 0 Å². The highest BCUT2D eigenvalue weighted by Gasteiger charge is 2.27. The Balaban J connectivity index is 2.03. The Morgan fingerprint density at radius 1 is 0.778 bits per heavy atom. The van der Waals surface area contributed by atoms with E-state index >= 15 is 0 Å². The molecule has 36 heavy (non-hydrogen) atoms. The smallest absolute Gasteiger partial charge is 0.308 e. The zero-order valence-electron chi connectivity index (χ0n) is 20.9. The number of aryl methyl sites for hydroxylation is 2. The Morgan fingerprint density at radius 2 is 1.39 bits per heavy atom. The molecule has 0 aliphatic heterocycles. The Kier molecular flexibility index (Phi) is 8.01. The standard InChI is InChI=1S/C30H29ClO5/c1-5-6-15-33-27-25-14-13-22(31)18-26(25)28(34-21(4)32)30(36-24-12-8-10-20(3)17-24)29(27)35-23-11-7-9-19(2)16-23/h7-14,16-18H,5-6,15H2,1-4H3. The average Bonchev–Trinajstić information content (AvgIpc) is 2.83. The molecule has 4 rings (SSSR count). The van der Waals surface area contributed by atoms with Crippen molar-refractivity contribution in [3.63, 3.8) is 0 Å². The van der Waals surface area contributed by atoms with Crippen LogP contribution < -0.4 is 18.9 Å². The lowest BCUT2D eigenvalue weighted by atomic mass is 10.1. The van der Waals surface area contributed by atoms with Crippen molar-refractivity contribution in [2.75, 3.05) is 6.61 Å². The molecule has 4 aromatic carbocycles. The molecule has 0 radical (unpaired) electrons. The van der Waals surface area contributed by atoms with Crippen molar-refractivity contribution in [2.45, 2.75) is 40.5 Å². The van der Waals surface area contributed by atoms with Crippen LogP contribution in [0, 0.1) is 13.8 Å². The molecule has 0 spiro atoms. The first-order valence-electron chi connectivity index (χ1n) is 11.9. The second-order valence-electron chi connectivity index (χ2n) is 8.64. The number of fused-ring (bicyclic) bond motifs is 1. The largest absolute Gasteiger partial charge is 0.489 e. The summed E-state index contributed by atoms with van der Waals surface area (Å²) in [5.41, 5.74) is 2.06. The van der Waals surface area contributed by atoms with Crippen LogP contribution in [0.1, 0.15) is 37.8 Å². The first-order chi connectivity index (χ1) is 17.4. The summed E-state index contributed by atoms with van der Waals surface area (Å²) in [4.78, 5) is 12.2. The van der Waals surface area contributed by atoms with E-state index < -0.39 is 5.97 Å². The predicted molar refractivity (Wildman–Crippen MR) is 143 cm³/mol. The summed E-state index contributed by atoms with van der Waals surface area (Å²) in [5.74, 6) is 1.95. The summed E-state index contributed by atoms with van der Waals surface area (Å²) >= 11 is 6.37. The van der Waals surface area contributed by atoms with Gasteiger partial charge in [0.2, 0.25) is 11.5 Å². The summed E-state index contributed by atoms with van der Waals surface area (Å²) in [7, 11) is 0. The first-order valence-corrected chi connectivity index (χ1v) is 12.3. The summed E-state index contributed by atoms with van der Waals surface area (Å²) in [6.45, 7) is 7.89. The molecular formula is C30H29ClO5. The minimum atomic E-state index is -0.494. The molecule has 4 aromatic rings. The number of carbonyl (C=O) groups is 1. The van der Waals surface area contributed by atoms with Gasteiger partial charge in [0.05, 0.1) is 6.61 Å². The van der Waals surface area contributed by atoms with Gasteiger partial charge in [-0.2, -0.15) is 0 Å². The highest BCUT2D eigenvalue weighted by atomic mass is 35.5. The van der Waals surface area contributed by atoms with Gasteiger partial charge in [0.15, 0.2) is 11.5 Å². The highest BCUT2D eigenvalue weighted by molar-refractivity contribution is 6.31. The van der Waals surface area contributed by atoms with Gasteiger partial charge in [0.25, 0.3) is 0 Å². The molecule has 0 unspecified atom stereocenters. The number of ether oxygens (including phenoxy) is 4. The lowest BCUT2D eigenvalue weighted by molar-refractivity contribution is -0.131. The van der Waals surface area contributed by atoms with Gasteiger partial charge in [0, 0.05) is 22.7 Å². The monoisotopic (exact) mass is 504 g/mol. The van der Waals surface area contributed by atoms with Crippen LogP contribution in [0.3, 0.4) is 0 Å². The van der Waals surface area contributed by atoms with Crippen molar-refractivity contribution in [2.24, 2.45) is 0 Å². The van der Waals surface area contributed by atoms with Gasteiger partial charge in [-0.25, -0.2) is 0 Å². The quantitative estimate of drug-likeness (QED) is 0.129. The van der Waals surface area contributed by atoms with Crippen LogP contribution in [0.2, 0.25) is 5.02 Å². The maximum atomic E-state index is 12.2. The minimum absolute atomic E-state index is 0.215. The van der Waals surface area contributed by atoms with Gasteiger partial charge >= 0.3 is 5.97 Å². The molecule has 6 heteroatoms. The SMILES string of the molecule is CCCCOc1c(Oc2cccc(C)c2)c(Oc2cccc(C)c2)c(OC(C)=O)c2cc(Cl)ccc12. The topological polar surface area (TPSA) is 54.0 Å². The van der Waals surface area contributed by atoms with Gasteiger partial charge in [-0.1, -0.05) is 49.2 Å². The van der Waals surface area contributed by atoms with Crippen LogP contribution in [-0.4, -0.2) is 12.6 Å². The molecule has 0 aromatic heterocycles. The van der Waals surface area contributed by atoms with E-state index in [0.29, 0.717) is 45.4 Å². The molecule has 5 nitrogen and oxygen atoms in total. The normalized spacial score (nSPS) is 10.8. The lowest BCUT2D eigenvalue weighted by Gasteiger charge is -2.22. The zero-order chi connectivity index (χ0) is 25.7. The molecule has 0 fully saturated rings. The van der Waals surface area contributed by atoms with Crippen LogP contribution in [-0.2, 0) is 4.79 Å². The summed E-state index contributed by atoms with van der Waals surface area (Å²) < 4.78 is 24.9. The third-order valence-corrected chi connectivity index (χ3v) is 5.73. The fraction of sp³-hybridized carbons (Fsp3) is 0.233. The number of hydrogen-bond donors (Lipinski definition) is 0. The first kappa shape index (κ1) is 25.4. The third-order valence-electron chi connectivity index (χ3n) is 5.50. The molecule has 0 N–H and O–H groups in total. The van der Waals surface area contributed by atoms with E-state index in [1.807, 2.05) is 68.4 Å². The maximum Gasteiger partial charge on any atom is 0.308 e. The van der Waals surface area contributed by atoms with E-state index in [1.165, 1.54) is 6.92 Å². The molecule has 0 bridgehead atoms. The van der Waals surface area contributed by atoms with Gasteiger partial charge in [-0.15, -0.1) is 0 Å². The predicted octanol–water partition coefficient (Wildman–Crippen LogP) is 8.80. The van der Waals surface area contributed by atoms with E-state index in [9.17, 15) is 4.79 Å². The molecule has 186 valence electrons. The summed E-state index contributed by atoms with van der Waals surface area (Å²) in [6.07, 6.45) is 1.83. The Bertz CT molecular complexity index is 1400. The minimum Gasteiger partial charge on any atom is -0.489 e. The number of halogens is 1. The fourth-order valence-electron chi connectivity index (χ4n) is 3.84. The molecular weight excluding hydrogens is 476 g/mol. The van der Waals surface area contributed by atoms with Gasteiger partial charge in [0.1, 0.15) is 11.5 Å². The molecule has 0 saturated carbocycles. The number of benzene rings is 4. The number of rotatable bonds is 9. The number of carbonyl (C=O) groups excluding carboxylic acids is 1.